The molecule has 0 spiro atoms. The average Bonchev–Trinajstić information content (AvgIpc) is 3.62. The van der Waals surface area contributed by atoms with Crippen LogP contribution in [0.3, 0.4) is 0 Å². The van der Waals surface area contributed by atoms with Crippen LogP contribution in [0.2, 0.25) is 5.02 Å². The molecule has 12 nitrogen and oxygen atoms in total. The summed E-state index contributed by atoms with van der Waals surface area (Å²) >= 11 is 6.02. The van der Waals surface area contributed by atoms with Crippen LogP contribution < -0.4 is 15.4 Å². The Morgan fingerprint density at radius 3 is 2.72 bits per heavy atom. The molecular formula is C23H20ClN5O7. The number of amides is 2. The van der Waals surface area contributed by atoms with Crippen molar-refractivity contribution in [3.8, 4) is 5.75 Å². The molecule has 0 aliphatic carbocycles. The summed E-state index contributed by atoms with van der Waals surface area (Å²) in [4.78, 5) is 35.7. The Balaban J connectivity index is 1.40. The molecule has 0 radical (unpaired) electrons. The fraction of sp³-hybridized carbons (Fsp3) is 0.174. The summed E-state index contributed by atoms with van der Waals surface area (Å²) in [5.41, 5.74) is 0.0926. The molecule has 1 aromatic carbocycles. The van der Waals surface area contributed by atoms with Crippen molar-refractivity contribution in [2.24, 2.45) is 0 Å². The molecule has 0 unspecified atom stereocenters. The number of carbonyl (C=O) groups excluding carboxylic acids is 2. The molecule has 36 heavy (non-hydrogen) atoms. The molecule has 4 rings (SSSR count). The van der Waals surface area contributed by atoms with Gasteiger partial charge in [0, 0.05) is 24.9 Å². The first-order valence-corrected chi connectivity index (χ1v) is 11.1. The molecule has 0 bridgehead atoms. The first-order valence-electron chi connectivity index (χ1n) is 10.7. The van der Waals surface area contributed by atoms with Crippen LogP contribution >= 0.6 is 11.6 Å². The minimum Gasteiger partial charge on any atom is -0.484 e. The van der Waals surface area contributed by atoms with Gasteiger partial charge in [-0.2, -0.15) is 5.10 Å². The number of rotatable bonds is 10. The molecular weight excluding hydrogens is 494 g/mol. The van der Waals surface area contributed by atoms with E-state index in [0.29, 0.717) is 18.1 Å². The van der Waals surface area contributed by atoms with E-state index in [9.17, 15) is 19.7 Å². The quantitative estimate of drug-likeness (QED) is 0.233. The smallest absolute Gasteiger partial charge is 0.291 e. The Hall–Kier alpha value is -4.58. The number of ether oxygens (including phenoxy) is 1. The molecule has 13 heteroatoms. The number of aromatic nitrogens is 2. The predicted molar refractivity (Wildman–Crippen MR) is 127 cm³/mol. The number of nitrogens with one attached hydrogen (secondary N) is 2. The number of nitro benzene ring substituents is 1. The number of anilines is 1. The maximum atomic E-state index is 12.8. The van der Waals surface area contributed by atoms with Gasteiger partial charge in [-0.15, -0.1) is 0 Å². The van der Waals surface area contributed by atoms with Gasteiger partial charge in [0.2, 0.25) is 0 Å². The van der Waals surface area contributed by atoms with Crippen molar-refractivity contribution in [3.63, 3.8) is 0 Å². The van der Waals surface area contributed by atoms with E-state index in [-0.39, 0.29) is 46.8 Å². The van der Waals surface area contributed by atoms with Gasteiger partial charge in [0.15, 0.2) is 11.5 Å². The second kappa shape index (κ2) is 10.8. The van der Waals surface area contributed by atoms with Crippen LogP contribution in [0.5, 0.6) is 5.75 Å². The van der Waals surface area contributed by atoms with Gasteiger partial charge >= 0.3 is 0 Å². The highest BCUT2D eigenvalue weighted by molar-refractivity contribution is 6.32. The fourth-order valence-electron chi connectivity index (χ4n) is 3.14. The van der Waals surface area contributed by atoms with Gasteiger partial charge in [-0.3, -0.25) is 24.4 Å². The third-order valence-corrected chi connectivity index (χ3v) is 5.23. The normalized spacial score (nSPS) is 10.7. The molecule has 2 amide bonds. The third kappa shape index (κ3) is 5.73. The molecule has 0 saturated heterocycles. The number of aryl methyl sites for hydroxylation is 1. The van der Waals surface area contributed by atoms with Crippen LogP contribution in [-0.2, 0) is 19.7 Å². The van der Waals surface area contributed by atoms with Gasteiger partial charge in [0.1, 0.15) is 23.9 Å². The number of hydrogen-bond acceptors (Lipinski definition) is 8. The van der Waals surface area contributed by atoms with E-state index in [1.807, 2.05) is 6.92 Å². The Labute approximate surface area is 208 Å². The number of carbonyl (C=O) groups is 2. The number of nitro groups is 1. The Morgan fingerprint density at radius 2 is 2.03 bits per heavy atom. The minimum atomic E-state index is -0.592. The summed E-state index contributed by atoms with van der Waals surface area (Å²) in [7, 11) is 0. The van der Waals surface area contributed by atoms with E-state index in [1.54, 1.807) is 24.4 Å². The number of nitrogens with zero attached hydrogens (tertiary/aromatic N) is 3. The summed E-state index contributed by atoms with van der Waals surface area (Å²) in [5, 5.41) is 20.5. The van der Waals surface area contributed by atoms with Crippen LogP contribution in [-0.4, -0.2) is 26.5 Å². The summed E-state index contributed by atoms with van der Waals surface area (Å²) in [5.74, 6) is 0.0173. The highest BCUT2D eigenvalue weighted by Crippen LogP contribution is 2.29. The van der Waals surface area contributed by atoms with E-state index in [0.717, 1.165) is 0 Å². The van der Waals surface area contributed by atoms with Crippen LogP contribution in [0.25, 0.3) is 0 Å². The van der Waals surface area contributed by atoms with Gasteiger partial charge < -0.3 is 24.2 Å². The van der Waals surface area contributed by atoms with E-state index in [4.69, 9.17) is 25.2 Å². The highest BCUT2D eigenvalue weighted by atomic mass is 35.5. The zero-order valence-electron chi connectivity index (χ0n) is 18.9. The predicted octanol–water partition coefficient (Wildman–Crippen LogP) is 4.41. The van der Waals surface area contributed by atoms with Gasteiger partial charge in [-0.05, 0) is 37.3 Å². The lowest BCUT2D eigenvalue weighted by Crippen LogP contribution is -2.25. The van der Waals surface area contributed by atoms with Gasteiger partial charge in [0.25, 0.3) is 17.5 Å². The Bertz CT molecular complexity index is 1390. The first kappa shape index (κ1) is 24.5. The average molecular weight is 514 g/mol. The van der Waals surface area contributed by atoms with Crippen molar-refractivity contribution in [1.82, 2.24) is 15.1 Å². The third-order valence-electron chi connectivity index (χ3n) is 4.93. The minimum absolute atomic E-state index is 0.0189. The van der Waals surface area contributed by atoms with Crippen molar-refractivity contribution < 1.29 is 28.1 Å². The van der Waals surface area contributed by atoms with Crippen LogP contribution in [0.4, 0.5) is 11.4 Å². The van der Waals surface area contributed by atoms with Crippen LogP contribution in [0, 0.1) is 10.1 Å². The van der Waals surface area contributed by atoms with Crippen molar-refractivity contribution in [3.05, 3.63) is 93.0 Å². The lowest BCUT2D eigenvalue weighted by atomic mass is 10.3. The first-order chi connectivity index (χ1) is 17.3. The molecule has 0 fully saturated rings. The van der Waals surface area contributed by atoms with Crippen LogP contribution in [0.15, 0.2) is 63.8 Å². The Kier molecular flexibility index (Phi) is 7.35. The van der Waals surface area contributed by atoms with Crippen LogP contribution in [0.1, 0.15) is 39.5 Å². The molecule has 0 aliphatic rings. The molecule has 3 aromatic heterocycles. The second-order valence-electron chi connectivity index (χ2n) is 7.39. The number of non-ortho nitro benzene ring substituents is 1. The zero-order chi connectivity index (χ0) is 25.7. The van der Waals surface area contributed by atoms with Crippen molar-refractivity contribution >= 4 is 34.8 Å². The molecule has 4 aromatic rings. The molecule has 0 aliphatic heterocycles. The van der Waals surface area contributed by atoms with Crippen molar-refractivity contribution in [1.29, 1.82) is 0 Å². The SMILES string of the molecule is CCn1cc(NC(=O)c2ccc(COc3ccc([N+](=O)[O-])cc3Cl)o2)c(C(=O)NCc2ccco2)n1. The van der Waals surface area contributed by atoms with Crippen molar-refractivity contribution in [2.75, 3.05) is 5.32 Å². The number of benzene rings is 1. The Morgan fingerprint density at radius 1 is 1.19 bits per heavy atom. The maximum Gasteiger partial charge on any atom is 0.291 e. The van der Waals surface area contributed by atoms with E-state index in [1.165, 1.54) is 35.2 Å². The van der Waals surface area contributed by atoms with Crippen molar-refractivity contribution in [2.45, 2.75) is 26.6 Å². The lowest BCUT2D eigenvalue weighted by molar-refractivity contribution is -0.384. The van der Waals surface area contributed by atoms with Gasteiger partial charge in [0.05, 0.1) is 28.4 Å². The zero-order valence-corrected chi connectivity index (χ0v) is 19.7. The molecule has 2 N–H and O–H groups in total. The summed E-state index contributed by atoms with van der Waals surface area (Å²) in [6.45, 7) is 2.43. The molecule has 186 valence electrons. The molecule has 0 atom stereocenters. The van der Waals surface area contributed by atoms with E-state index in [2.05, 4.69) is 15.7 Å². The molecule has 0 saturated carbocycles. The van der Waals surface area contributed by atoms with Gasteiger partial charge in [-0.1, -0.05) is 11.6 Å². The number of halogens is 1. The van der Waals surface area contributed by atoms with Gasteiger partial charge in [-0.25, -0.2) is 0 Å². The summed E-state index contributed by atoms with van der Waals surface area (Å²) < 4.78 is 17.8. The van der Waals surface area contributed by atoms with E-state index >= 15 is 0 Å². The number of furan rings is 2. The summed E-state index contributed by atoms with van der Waals surface area (Å²) in [6, 6.07) is 10.2. The lowest BCUT2D eigenvalue weighted by Gasteiger charge is -2.06. The number of hydrogen-bond donors (Lipinski definition) is 2. The highest BCUT2D eigenvalue weighted by Gasteiger charge is 2.21. The fourth-order valence-corrected chi connectivity index (χ4v) is 3.37. The molecule has 3 heterocycles. The topological polar surface area (TPSA) is 155 Å². The maximum absolute atomic E-state index is 12.8. The summed E-state index contributed by atoms with van der Waals surface area (Å²) in [6.07, 6.45) is 3.05. The van der Waals surface area contributed by atoms with E-state index < -0.39 is 16.7 Å². The standard InChI is InChI=1S/C23H20ClN5O7/c1-2-28-12-18(21(27-28)23(31)25-11-15-4-3-9-34-15)26-22(30)20-8-6-16(36-20)13-35-19-7-5-14(29(32)33)10-17(19)24/h3-10,12H,2,11,13H2,1H3,(H,25,31)(H,26,30). The largest absolute Gasteiger partial charge is 0.484 e. The second-order valence-corrected chi connectivity index (χ2v) is 7.80. The monoisotopic (exact) mass is 513 g/mol.